The number of amides is 1. The molecule has 0 aliphatic carbocycles. The highest BCUT2D eigenvalue weighted by Gasteiger charge is 2.30. The van der Waals surface area contributed by atoms with Crippen LogP contribution in [0.4, 0.5) is 0 Å². The van der Waals surface area contributed by atoms with E-state index in [1.165, 1.54) is 5.56 Å². The van der Waals surface area contributed by atoms with Crippen LogP contribution in [0.5, 0.6) is 0 Å². The second kappa shape index (κ2) is 4.88. The molecule has 0 spiro atoms. The van der Waals surface area contributed by atoms with Crippen molar-refractivity contribution in [2.75, 3.05) is 6.54 Å². The molecule has 4 nitrogen and oxygen atoms in total. The van der Waals surface area contributed by atoms with Crippen LogP contribution in [0, 0.1) is 0 Å². The first-order chi connectivity index (χ1) is 9.24. The Labute approximate surface area is 112 Å². The lowest BCUT2D eigenvalue weighted by molar-refractivity contribution is -0.128. The molecule has 0 saturated carbocycles. The van der Waals surface area contributed by atoms with Gasteiger partial charge >= 0.3 is 0 Å². The zero-order chi connectivity index (χ0) is 13.2. The van der Waals surface area contributed by atoms with Crippen molar-refractivity contribution in [1.29, 1.82) is 0 Å². The zero-order valence-corrected chi connectivity index (χ0v) is 11.0. The lowest BCUT2D eigenvalue weighted by atomic mass is 9.99. The third-order valence-corrected chi connectivity index (χ3v) is 3.75. The summed E-state index contributed by atoms with van der Waals surface area (Å²) in [5.74, 6) is 0.553. The predicted octanol–water partition coefficient (Wildman–Crippen LogP) is 1.94. The van der Waals surface area contributed by atoms with Gasteiger partial charge in [-0.1, -0.05) is 30.3 Å². The Morgan fingerprint density at radius 1 is 1.32 bits per heavy atom. The number of aryl methyl sites for hydroxylation is 1. The quantitative estimate of drug-likeness (QED) is 0.840. The predicted molar refractivity (Wildman–Crippen MR) is 72.4 cm³/mol. The van der Waals surface area contributed by atoms with Crippen molar-refractivity contribution < 1.29 is 4.79 Å². The fourth-order valence-electron chi connectivity index (χ4n) is 2.61. The molecule has 1 aliphatic rings. The Morgan fingerprint density at radius 2 is 2.11 bits per heavy atom. The Kier molecular flexibility index (Phi) is 3.07. The number of aromatic nitrogens is 2. The van der Waals surface area contributed by atoms with E-state index in [2.05, 4.69) is 17.1 Å². The van der Waals surface area contributed by atoms with Gasteiger partial charge in [0, 0.05) is 32.1 Å². The Morgan fingerprint density at radius 3 is 2.79 bits per heavy atom. The van der Waals surface area contributed by atoms with E-state index in [0.717, 1.165) is 12.2 Å². The molecule has 19 heavy (non-hydrogen) atoms. The number of hydrogen-bond acceptors (Lipinski definition) is 2. The van der Waals surface area contributed by atoms with Crippen LogP contribution in [0.2, 0.25) is 0 Å². The molecule has 3 rings (SSSR count). The molecule has 1 amide bonds. The maximum absolute atomic E-state index is 12.1. The summed E-state index contributed by atoms with van der Waals surface area (Å²) in [7, 11) is 1.96. The van der Waals surface area contributed by atoms with Gasteiger partial charge in [-0.25, -0.2) is 4.98 Å². The van der Waals surface area contributed by atoms with Crippen molar-refractivity contribution in [3.8, 4) is 0 Å². The first-order valence-electron chi connectivity index (χ1n) is 6.52. The molecule has 1 aliphatic heterocycles. The van der Waals surface area contributed by atoms with Gasteiger partial charge in [0.15, 0.2) is 0 Å². The second-order valence-electron chi connectivity index (χ2n) is 5.08. The minimum atomic E-state index is 0.232. The number of rotatable bonds is 3. The molecule has 1 aromatic heterocycles. The SMILES string of the molecule is Cn1cncc1CN1CC(c2ccccc2)CC1=O. The molecular weight excluding hydrogens is 238 g/mol. The highest BCUT2D eigenvalue weighted by molar-refractivity contribution is 5.79. The summed E-state index contributed by atoms with van der Waals surface area (Å²) in [6.07, 6.45) is 4.20. The normalized spacial score (nSPS) is 19.1. The van der Waals surface area contributed by atoms with Gasteiger partial charge in [0.2, 0.25) is 5.91 Å². The molecule has 2 heterocycles. The number of benzene rings is 1. The van der Waals surface area contributed by atoms with Crippen molar-refractivity contribution in [1.82, 2.24) is 14.5 Å². The summed E-state index contributed by atoms with van der Waals surface area (Å²) in [5.41, 5.74) is 2.32. The van der Waals surface area contributed by atoms with E-state index in [4.69, 9.17) is 0 Å². The van der Waals surface area contributed by atoms with Crippen LogP contribution < -0.4 is 0 Å². The van der Waals surface area contributed by atoms with E-state index < -0.39 is 0 Å². The maximum Gasteiger partial charge on any atom is 0.223 e. The number of carbonyl (C=O) groups is 1. The van der Waals surface area contributed by atoms with E-state index in [0.29, 0.717) is 18.9 Å². The van der Waals surface area contributed by atoms with Gasteiger partial charge in [-0.15, -0.1) is 0 Å². The van der Waals surface area contributed by atoms with Crippen LogP contribution >= 0.6 is 0 Å². The largest absolute Gasteiger partial charge is 0.336 e. The molecule has 1 atom stereocenters. The van der Waals surface area contributed by atoms with E-state index >= 15 is 0 Å². The van der Waals surface area contributed by atoms with Gasteiger partial charge in [0.1, 0.15) is 0 Å². The molecule has 0 bridgehead atoms. The van der Waals surface area contributed by atoms with Gasteiger partial charge in [0.05, 0.1) is 18.6 Å². The number of likely N-dealkylation sites (tertiary alicyclic amines) is 1. The molecule has 0 radical (unpaired) electrons. The molecule has 1 aromatic carbocycles. The summed E-state index contributed by atoms with van der Waals surface area (Å²) >= 11 is 0. The summed E-state index contributed by atoms with van der Waals surface area (Å²) in [4.78, 5) is 18.1. The average Bonchev–Trinajstić information content (AvgIpc) is 2.99. The summed E-state index contributed by atoms with van der Waals surface area (Å²) in [6.45, 7) is 1.45. The van der Waals surface area contributed by atoms with Gasteiger partial charge in [0.25, 0.3) is 0 Å². The van der Waals surface area contributed by atoms with Crippen LogP contribution in [-0.2, 0) is 18.4 Å². The van der Waals surface area contributed by atoms with Gasteiger partial charge < -0.3 is 9.47 Å². The number of hydrogen-bond donors (Lipinski definition) is 0. The highest BCUT2D eigenvalue weighted by Crippen LogP contribution is 2.28. The summed E-state index contributed by atoms with van der Waals surface area (Å²) < 4.78 is 1.96. The smallest absolute Gasteiger partial charge is 0.223 e. The van der Waals surface area contributed by atoms with E-state index in [1.807, 2.05) is 40.9 Å². The Hall–Kier alpha value is -2.10. The number of nitrogens with zero attached hydrogens (tertiary/aromatic N) is 3. The molecule has 98 valence electrons. The first kappa shape index (κ1) is 12.0. The van der Waals surface area contributed by atoms with E-state index in [-0.39, 0.29) is 5.91 Å². The van der Waals surface area contributed by atoms with Crippen LogP contribution in [0.3, 0.4) is 0 Å². The Bertz CT molecular complexity index is 576. The molecule has 2 aromatic rings. The number of imidazole rings is 1. The molecule has 1 unspecified atom stereocenters. The summed E-state index contributed by atoms with van der Waals surface area (Å²) in [5, 5.41) is 0. The molecule has 0 N–H and O–H groups in total. The fraction of sp³-hybridized carbons (Fsp3) is 0.333. The third kappa shape index (κ3) is 2.38. The highest BCUT2D eigenvalue weighted by atomic mass is 16.2. The minimum absolute atomic E-state index is 0.232. The van der Waals surface area contributed by atoms with Crippen LogP contribution in [-0.4, -0.2) is 26.9 Å². The van der Waals surface area contributed by atoms with Crippen molar-refractivity contribution in [3.63, 3.8) is 0 Å². The van der Waals surface area contributed by atoms with Crippen LogP contribution in [0.15, 0.2) is 42.9 Å². The molecule has 1 saturated heterocycles. The number of carbonyl (C=O) groups excluding carboxylic acids is 1. The van der Waals surface area contributed by atoms with E-state index in [9.17, 15) is 4.79 Å². The van der Waals surface area contributed by atoms with Gasteiger partial charge in [-0.2, -0.15) is 0 Å². The van der Waals surface area contributed by atoms with Crippen LogP contribution in [0.25, 0.3) is 0 Å². The van der Waals surface area contributed by atoms with Crippen molar-refractivity contribution in [2.45, 2.75) is 18.9 Å². The van der Waals surface area contributed by atoms with E-state index in [1.54, 1.807) is 6.33 Å². The van der Waals surface area contributed by atoms with Crippen molar-refractivity contribution in [2.24, 2.45) is 7.05 Å². The molecular formula is C15H17N3O. The van der Waals surface area contributed by atoms with Crippen LogP contribution in [0.1, 0.15) is 23.6 Å². The van der Waals surface area contributed by atoms with Gasteiger partial charge in [-0.3, -0.25) is 4.79 Å². The fourth-order valence-corrected chi connectivity index (χ4v) is 2.61. The molecule has 4 heteroatoms. The molecule has 1 fully saturated rings. The Balaban J connectivity index is 1.72. The average molecular weight is 255 g/mol. The van der Waals surface area contributed by atoms with Crippen molar-refractivity contribution in [3.05, 3.63) is 54.1 Å². The lowest BCUT2D eigenvalue weighted by Crippen LogP contribution is -2.25. The zero-order valence-electron chi connectivity index (χ0n) is 11.0. The van der Waals surface area contributed by atoms with Crippen molar-refractivity contribution >= 4 is 5.91 Å². The third-order valence-electron chi connectivity index (χ3n) is 3.75. The lowest BCUT2D eigenvalue weighted by Gasteiger charge is -2.16. The monoisotopic (exact) mass is 255 g/mol. The summed E-state index contributed by atoms with van der Waals surface area (Å²) in [6, 6.07) is 10.3. The minimum Gasteiger partial charge on any atom is -0.336 e. The second-order valence-corrected chi connectivity index (χ2v) is 5.08. The standard InChI is InChI=1S/C15H17N3O/c1-17-11-16-8-14(17)10-18-9-13(7-15(18)19)12-5-3-2-4-6-12/h2-6,8,11,13H,7,9-10H2,1H3. The topological polar surface area (TPSA) is 38.1 Å². The first-order valence-corrected chi connectivity index (χ1v) is 6.52. The maximum atomic E-state index is 12.1. The van der Waals surface area contributed by atoms with Gasteiger partial charge in [-0.05, 0) is 5.56 Å².